The van der Waals surface area contributed by atoms with E-state index in [0.29, 0.717) is 17.2 Å². The van der Waals surface area contributed by atoms with Crippen molar-refractivity contribution in [2.75, 3.05) is 6.61 Å². The standard InChI is InChI=1S/C17H22N2O2S/c1-3-21-17(20)12(2)22-16-14(11-18)10-13-8-6-4-5-7-9-15(13)19-16/h10,12H,3-9H2,1-2H3. The number of esters is 1. The average Bonchev–Trinajstić information content (AvgIpc) is 2.48. The summed E-state index contributed by atoms with van der Waals surface area (Å²) in [5.41, 5.74) is 2.86. The predicted octanol–water partition coefficient (Wildman–Crippen LogP) is 3.66. The van der Waals surface area contributed by atoms with E-state index in [1.807, 2.05) is 6.07 Å². The van der Waals surface area contributed by atoms with Crippen LogP contribution in [0.25, 0.3) is 0 Å². The number of carbonyl (C=O) groups excluding carboxylic acids is 1. The van der Waals surface area contributed by atoms with Crippen LogP contribution in [-0.2, 0) is 22.4 Å². The lowest BCUT2D eigenvalue weighted by atomic mass is 9.96. The van der Waals surface area contributed by atoms with Crippen LogP contribution in [0.1, 0.15) is 56.4 Å². The van der Waals surface area contributed by atoms with Crippen molar-refractivity contribution in [3.8, 4) is 6.07 Å². The number of fused-ring (bicyclic) bond motifs is 1. The molecule has 1 aromatic heterocycles. The van der Waals surface area contributed by atoms with Crippen LogP contribution in [-0.4, -0.2) is 22.8 Å². The number of nitrogens with zero attached hydrogens (tertiary/aromatic N) is 2. The molecule has 0 saturated carbocycles. The molecule has 1 aromatic rings. The first kappa shape index (κ1) is 16.8. The number of pyridine rings is 1. The molecule has 0 N–H and O–H groups in total. The third-order valence-corrected chi connectivity index (χ3v) is 4.87. The van der Waals surface area contributed by atoms with Gasteiger partial charge in [0.2, 0.25) is 0 Å². The van der Waals surface area contributed by atoms with Crippen LogP contribution in [0.3, 0.4) is 0 Å². The highest BCUT2D eigenvalue weighted by Crippen LogP contribution is 2.29. The second-order valence-electron chi connectivity index (χ2n) is 5.49. The van der Waals surface area contributed by atoms with E-state index in [1.54, 1.807) is 13.8 Å². The molecule has 0 amide bonds. The van der Waals surface area contributed by atoms with E-state index in [9.17, 15) is 10.1 Å². The second-order valence-corrected chi connectivity index (χ2v) is 6.81. The number of aromatic nitrogens is 1. The summed E-state index contributed by atoms with van der Waals surface area (Å²) in [7, 11) is 0. The zero-order valence-corrected chi connectivity index (χ0v) is 14.0. The molecule has 0 fully saturated rings. The molecule has 1 unspecified atom stereocenters. The fourth-order valence-corrected chi connectivity index (χ4v) is 3.51. The van der Waals surface area contributed by atoms with Crippen LogP contribution >= 0.6 is 11.8 Å². The van der Waals surface area contributed by atoms with Crippen LogP contribution in [0.2, 0.25) is 0 Å². The lowest BCUT2D eigenvalue weighted by Gasteiger charge is -2.16. The molecule has 0 aromatic carbocycles. The van der Waals surface area contributed by atoms with Crippen molar-refractivity contribution >= 4 is 17.7 Å². The number of thioether (sulfide) groups is 1. The Morgan fingerprint density at radius 3 is 2.82 bits per heavy atom. The molecular formula is C17H22N2O2S. The van der Waals surface area contributed by atoms with Gasteiger partial charge in [-0.1, -0.05) is 24.6 Å². The Morgan fingerprint density at radius 1 is 1.41 bits per heavy atom. The molecule has 0 spiro atoms. The average molecular weight is 318 g/mol. The van der Waals surface area contributed by atoms with E-state index >= 15 is 0 Å². The molecule has 1 atom stereocenters. The van der Waals surface area contributed by atoms with Gasteiger partial charge in [0.1, 0.15) is 16.3 Å². The quantitative estimate of drug-likeness (QED) is 0.626. The molecule has 1 aliphatic rings. The van der Waals surface area contributed by atoms with E-state index < -0.39 is 0 Å². The molecule has 0 aliphatic heterocycles. The zero-order valence-electron chi connectivity index (χ0n) is 13.2. The molecule has 2 rings (SSSR count). The van der Waals surface area contributed by atoms with Gasteiger partial charge in [-0.2, -0.15) is 5.26 Å². The highest BCUT2D eigenvalue weighted by atomic mass is 32.2. The first-order valence-corrected chi connectivity index (χ1v) is 8.79. The first-order valence-electron chi connectivity index (χ1n) is 7.92. The summed E-state index contributed by atoms with van der Waals surface area (Å²) >= 11 is 1.32. The summed E-state index contributed by atoms with van der Waals surface area (Å²) in [6.07, 6.45) is 6.74. The van der Waals surface area contributed by atoms with E-state index in [4.69, 9.17) is 9.72 Å². The van der Waals surface area contributed by atoms with Gasteiger partial charge in [-0.25, -0.2) is 4.98 Å². The molecule has 0 bridgehead atoms. The van der Waals surface area contributed by atoms with Crippen molar-refractivity contribution in [2.45, 2.75) is 62.6 Å². The minimum atomic E-state index is -0.355. The van der Waals surface area contributed by atoms with Gasteiger partial charge >= 0.3 is 5.97 Å². The molecule has 22 heavy (non-hydrogen) atoms. The lowest BCUT2D eigenvalue weighted by molar-refractivity contribution is -0.142. The van der Waals surface area contributed by atoms with Gasteiger partial charge in [0.05, 0.1) is 12.2 Å². The molecule has 1 heterocycles. The van der Waals surface area contributed by atoms with Crippen molar-refractivity contribution in [1.29, 1.82) is 5.26 Å². The molecule has 118 valence electrons. The Hall–Kier alpha value is -1.54. The summed E-state index contributed by atoms with van der Waals surface area (Å²) in [6.45, 7) is 3.95. The van der Waals surface area contributed by atoms with Crippen molar-refractivity contribution in [3.63, 3.8) is 0 Å². The highest BCUT2D eigenvalue weighted by Gasteiger charge is 2.20. The Kier molecular flexibility index (Phi) is 6.26. The molecule has 4 nitrogen and oxygen atoms in total. The topological polar surface area (TPSA) is 63.0 Å². The van der Waals surface area contributed by atoms with Crippen LogP contribution in [0, 0.1) is 11.3 Å². The van der Waals surface area contributed by atoms with Crippen molar-refractivity contribution < 1.29 is 9.53 Å². The molecular weight excluding hydrogens is 296 g/mol. The smallest absolute Gasteiger partial charge is 0.319 e. The van der Waals surface area contributed by atoms with Crippen LogP contribution in [0.4, 0.5) is 0 Å². The molecule has 5 heteroatoms. The van der Waals surface area contributed by atoms with Gasteiger partial charge in [-0.05, 0) is 51.2 Å². The monoisotopic (exact) mass is 318 g/mol. The predicted molar refractivity (Wildman–Crippen MR) is 86.8 cm³/mol. The summed E-state index contributed by atoms with van der Waals surface area (Å²) in [4.78, 5) is 16.5. The number of hydrogen-bond acceptors (Lipinski definition) is 5. The number of ether oxygens (including phenoxy) is 1. The van der Waals surface area contributed by atoms with Gasteiger partial charge in [-0.15, -0.1) is 0 Å². The Bertz CT molecular complexity index is 581. The van der Waals surface area contributed by atoms with Crippen molar-refractivity contribution in [1.82, 2.24) is 4.98 Å². The molecule has 0 radical (unpaired) electrons. The minimum absolute atomic E-state index is 0.259. The number of rotatable bonds is 4. The molecule has 0 saturated heterocycles. The van der Waals surface area contributed by atoms with E-state index in [1.165, 1.54) is 30.2 Å². The van der Waals surface area contributed by atoms with Crippen molar-refractivity contribution in [3.05, 3.63) is 22.9 Å². The van der Waals surface area contributed by atoms with E-state index in [2.05, 4.69) is 6.07 Å². The summed E-state index contributed by atoms with van der Waals surface area (Å²) in [5, 5.41) is 9.68. The summed E-state index contributed by atoms with van der Waals surface area (Å²) in [6, 6.07) is 4.19. The Morgan fingerprint density at radius 2 is 2.14 bits per heavy atom. The summed E-state index contributed by atoms with van der Waals surface area (Å²) < 4.78 is 5.03. The maximum absolute atomic E-state index is 11.8. The second kappa shape index (κ2) is 8.19. The third kappa shape index (κ3) is 4.23. The fourth-order valence-electron chi connectivity index (χ4n) is 2.61. The zero-order chi connectivity index (χ0) is 15.9. The highest BCUT2D eigenvalue weighted by molar-refractivity contribution is 8.00. The number of hydrogen-bond donors (Lipinski definition) is 0. The van der Waals surface area contributed by atoms with Gasteiger partial charge < -0.3 is 4.74 Å². The Balaban J connectivity index is 2.25. The minimum Gasteiger partial charge on any atom is -0.465 e. The van der Waals surface area contributed by atoms with Gasteiger partial charge in [-0.3, -0.25) is 4.79 Å². The van der Waals surface area contributed by atoms with Crippen LogP contribution in [0.15, 0.2) is 11.1 Å². The molecule has 1 aliphatic carbocycles. The maximum Gasteiger partial charge on any atom is 0.319 e. The fraction of sp³-hybridized carbons (Fsp3) is 0.588. The normalized spacial score (nSPS) is 15.9. The van der Waals surface area contributed by atoms with E-state index in [0.717, 1.165) is 31.4 Å². The van der Waals surface area contributed by atoms with Crippen molar-refractivity contribution in [2.24, 2.45) is 0 Å². The van der Waals surface area contributed by atoms with E-state index in [-0.39, 0.29) is 11.2 Å². The van der Waals surface area contributed by atoms with Gasteiger partial charge in [0.25, 0.3) is 0 Å². The third-order valence-electron chi connectivity index (χ3n) is 3.79. The first-order chi connectivity index (χ1) is 10.7. The van der Waals surface area contributed by atoms with Crippen LogP contribution in [0.5, 0.6) is 0 Å². The van der Waals surface area contributed by atoms with Gasteiger partial charge in [0, 0.05) is 5.69 Å². The number of carbonyl (C=O) groups is 1. The Labute approximate surface area is 136 Å². The number of aryl methyl sites for hydroxylation is 2. The van der Waals surface area contributed by atoms with Gasteiger partial charge in [0.15, 0.2) is 0 Å². The summed E-state index contributed by atoms with van der Waals surface area (Å²) in [5.74, 6) is -0.259. The van der Waals surface area contributed by atoms with Crippen LogP contribution < -0.4 is 0 Å². The SMILES string of the molecule is CCOC(=O)C(C)Sc1nc2c(cc1C#N)CCCCCC2. The lowest BCUT2D eigenvalue weighted by Crippen LogP contribution is -2.17. The number of nitriles is 1. The maximum atomic E-state index is 11.8. The largest absolute Gasteiger partial charge is 0.465 e.